The summed E-state index contributed by atoms with van der Waals surface area (Å²) in [6.07, 6.45) is 0. The second kappa shape index (κ2) is 3.70. The van der Waals surface area contributed by atoms with Gasteiger partial charge in [0.15, 0.2) is 0 Å². The summed E-state index contributed by atoms with van der Waals surface area (Å²) < 4.78 is 0. The van der Waals surface area contributed by atoms with Crippen molar-refractivity contribution in [2.75, 3.05) is 0 Å². The minimum Gasteiger partial charge on any atom is -0.507 e. The van der Waals surface area contributed by atoms with E-state index in [1.54, 1.807) is 0 Å². The fraction of sp³-hybridized carbons (Fsp3) is 0. The lowest BCUT2D eigenvalue weighted by Crippen LogP contribution is -2.03. The van der Waals surface area contributed by atoms with E-state index in [-0.39, 0.29) is 0 Å². The van der Waals surface area contributed by atoms with E-state index in [9.17, 15) is 19.8 Å². The molecule has 0 heterocycles. The third-order valence-corrected chi connectivity index (χ3v) is 2.13. The lowest BCUT2D eigenvalue weighted by atomic mass is 10.1. The third kappa shape index (κ3) is 1.82. The molecule has 4 N–H and O–H groups in total. The molecule has 0 radical (unpaired) electrons. The minimum absolute atomic E-state index is 0.486. The molecule has 0 saturated carbocycles. The van der Waals surface area contributed by atoms with Crippen LogP contribution in [0.5, 0.6) is 11.5 Å². The van der Waals surface area contributed by atoms with Crippen LogP contribution in [0.1, 0.15) is 20.7 Å². The average molecular weight is 230 g/mol. The SMILES string of the molecule is O=C(O)c1cc(O)c(C(=O)O)c(S)c1O. The molecule has 0 aromatic heterocycles. The molecule has 0 bridgehead atoms. The number of carboxylic acid groups (broad SMARTS) is 2. The molecule has 0 aliphatic heterocycles. The van der Waals surface area contributed by atoms with Crippen LogP contribution in [0.3, 0.4) is 0 Å². The van der Waals surface area contributed by atoms with Crippen molar-refractivity contribution >= 4 is 24.6 Å². The number of aromatic carboxylic acids is 2. The Morgan fingerprint density at radius 1 is 1.13 bits per heavy atom. The first-order valence-electron chi connectivity index (χ1n) is 3.60. The third-order valence-electron chi connectivity index (χ3n) is 1.70. The number of phenols is 2. The van der Waals surface area contributed by atoms with Crippen LogP contribution in [0.25, 0.3) is 0 Å². The average Bonchev–Trinajstić information content (AvgIpc) is 2.10. The number of carbonyl (C=O) groups is 2. The molecule has 15 heavy (non-hydrogen) atoms. The Bertz CT molecular complexity index is 453. The lowest BCUT2D eigenvalue weighted by molar-refractivity contribution is 0.0671. The number of rotatable bonds is 2. The van der Waals surface area contributed by atoms with E-state index in [2.05, 4.69) is 12.6 Å². The Morgan fingerprint density at radius 3 is 2.07 bits per heavy atom. The highest BCUT2D eigenvalue weighted by molar-refractivity contribution is 7.80. The maximum absolute atomic E-state index is 10.6. The van der Waals surface area contributed by atoms with Gasteiger partial charge in [-0.25, -0.2) is 9.59 Å². The highest BCUT2D eigenvalue weighted by Gasteiger charge is 2.22. The van der Waals surface area contributed by atoms with Crippen molar-refractivity contribution in [1.29, 1.82) is 0 Å². The standard InChI is InChI=1S/C8H6O6S/c9-3-1-2(7(11)12)5(10)6(15)4(3)8(13)14/h1,9-10,15H,(H,11,12)(H,13,14). The molecule has 1 aromatic carbocycles. The summed E-state index contributed by atoms with van der Waals surface area (Å²) in [5, 5.41) is 35.7. The molecule has 0 amide bonds. The van der Waals surface area contributed by atoms with E-state index in [1.807, 2.05) is 0 Å². The molecule has 1 rings (SSSR count). The predicted molar refractivity (Wildman–Crippen MR) is 50.9 cm³/mol. The topological polar surface area (TPSA) is 115 Å². The molecular weight excluding hydrogens is 224 g/mol. The van der Waals surface area contributed by atoms with Gasteiger partial charge in [-0.2, -0.15) is 0 Å². The largest absolute Gasteiger partial charge is 0.507 e. The van der Waals surface area contributed by atoms with E-state index in [1.165, 1.54) is 0 Å². The first-order valence-corrected chi connectivity index (χ1v) is 4.05. The van der Waals surface area contributed by atoms with Crippen molar-refractivity contribution in [2.45, 2.75) is 4.90 Å². The van der Waals surface area contributed by atoms with Gasteiger partial charge in [0.1, 0.15) is 22.6 Å². The van der Waals surface area contributed by atoms with Crippen LogP contribution in [0.15, 0.2) is 11.0 Å². The number of hydrogen-bond acceptors (Lipinski definition) is 5. The van der Waals surface area contributed by atoms with E-state index in [4.69, 9.17) is 10.2 Å². The van der Waals surface area contributed by atoms with Gasteiger partial charge in [-0.1, -0.05) is 0 Å². The smallest absolute Gasteiger partial charge is 0.340 e. The quantitative estimate of drug-likeness (QED) is 0.379. The van der Waals surface area contributed by atoms with Gasteiger partial charge in [-0.05, 0) is 6.07 Å². The Balaban J connectivity index is 3.58. The molecule has 80 valence electrons. The minimum atomic E-state index is -1.51. The van der Waals surface area contributed by atoms with Crippen molar-refractivity contribution < 1.29 is 30.0 Å². The van der Waals surface area contributed by atoms with Crippen LogP contribution in [0, 0.1) is 0 Å². The molecule has 0 fully saturated rings. The second-order valence-electron chi connectivity index (χ2n) is 2.63. The van der Waals surface area contributed by atoms with Crippen molar-refractivity contribution in [3.8, 4) is 11.5 Å². The number of carboxylic acids is 2. The summed E-state index contributed by atoms with van der Waals surface area (Å²) in [7, 11) is 0. The van der Waals surface area contributed by atoms with Crippen molar-refractivity contribution in [2.24, 2.45) is 0 Å². The first-order chi connectivity index (χ1) is 6.86. The number of thiol groups is 1. The molecule has 7 heteroatoms. The van der Waals surface area contributed by atoms with E-state index >= 15 is 0 Å². The fourth-order valence-electron chi connectivity index (χ4n) is 1.02. The van der Waals surface area contributed by atoms with Crippen LogP contribution in [-0.4, -0.2) is 32.4 Å². The molecule has 0 saturated heterocycles. The van der Waals surface area contributed by atoms with Gasteiger partial charge in [-0.15, -0.1) is 12.6 Å². The van der Waals surface area contributed by atoms with E-state index in [0.29, 0.717) is 6.07 Å². The zero-order valence-electron chi connectivity index (χ0n) is 7.13. The second-order valence-corrected chi connectivity index (χ2v) is 3.07. The van der Waals surface area contributed by atoms with Crippen molar-refractivity contribution in [3.63, 3.8) is 0 Å². The van der Waals surface area contributed by atoms with Crippen LogP contribution in [0.4, 0.5) is 0 Å². The monoisotopic (exact) mass is 230 g/mol. The predicted octanol–water partition coefficient (Wildman–Crippen LogP) is 0.783. The summed E-state index contributed by atoms with van der Waals surface area (Å²) in [5.41, 5.74) is -1.25. The maximum atomic E-state index is 10.6. The number of hydrogen-bond donors (Lipinski definition) is 5. The summed E-state index contributed by atoms with van der Waals surface area (Å²) >= 11 is 3.63. The summed E-state index contributed by atoms with van der Waals surface area (Å²) in [5.74, 6) is -4.55. The normalized spacial score (nSPS) is 9.93. The van der Waals surface area contributed by atoms with Gasteiger partial charge in [-0.3, -0.25) is 0 Å². The van der Waals surface area contributed by atoms with Crippen LogP contribution in [-0.2, 0) is 0 Å². The Morgan fingerprint density at radius 2 is 1.67 bits per heavy atom. The van der Waals surface area contributed by atoms with Gasteiger partial charge in [0, 0.05) is 0 Å². The molecule has 0 spiro atoms. The zero-order valence-corrected chi connectivity index (χ0v) is 8.02. The summed E-state index contributed by atoms with van der Waals surface area (Å²) in [4.78, 5) is 20.7. The van der Waals surface area contributed by atoms with Crippen LogP contribution < -0.4 is 0 Å². The van der Waals surface area contributed by atoms with Crippen molar-refractivity contribution in [1.82, 2.24) is 0 Å². The van der Waals surface area contributed by atoms with Gasteiger partial charge >= 0.3 is 11.9 Å². The maximum Gasteiger partial charge on any atom is 0.340 e. The molecule has 0 atom stereocenters. The highest BCUT2D eigenvalue weighted by Crippen LogP contribution is 2.35. The molecule has 0 unspecified atom stereocenters. The molecule has 0 aliphatic rings. The zero-order chi connectivity index (χ0) is 11.7. The number of benzene rings is 1. The van der Waals surface area contributed by atoms with Crippen molar-refractivity contribution in [3.05, 3.63) is 17.2 Å². The van der Waals surface area contributed by atoms with Crippen LogP contribution in [0.2, 0.25) is 0 Å². The highest BCUT2D eigenvalue weighted by atomic mass is 32.1. The van der Waals surface area contributed by atoms with Gasteiger partial charge < -0.3 is 20.4 Å². The molecule has 6 nitrogen and oxygen atoms in total. The molecule has 0 aliphatic carbocycles. The van der Waals surface area contributed by atoms with E-state index < -0.39 is 39.5 Å². The van der Waals surface area contributed by atoms with Gasteiger partial charge in [0.25, 0.3) is 0 Å². The summed E-state index contributed by atoms with van der Waals surface area (Å²) in [6, 6.07) is 0.654. The van der Waals surface area contributed by atoms with Gasteiger partial charge in [0.05, 0.1) is 4.90 Å². The first kappa shape index (κ1) is 11.2. The van der Waals surface area contributed by atoms with Crippen LogP contribution >= 0.6 is 12.6 Å². The fourth-order valence-corrected chi connectivity index (χ4v) is 1.35. The molecular formula is C8H6O6S. The Kier molecular flexibility index (Phi) is 2.76. The Labute approximate surface area is 88.8 Å². The summed E-state index contributed by atoms with van der Waals surface area (Å²) in [6.45, 7) is 0. The van der Waals surface area contributed by atoms with Gasteiger partial charge in [0.2, 0.25) is 0 Å². The lowest BCUT2D eigenvalue weighted by Gasteiger charge is -2.07. The number of aromatic hydroxyl groups is 2. The molecule has 1 aromatic rings. The van der Waals surface area contributed by atoms with E-state index in [0.717, 1.165) is 0 Å². The Hall–Kier alpha value is -1.89.